The van der Waals surface area contributed by atoms with Gasteiger partial charge in [0, 0.05) is 49.6 Å². The lowest BCUT2D eigenvalue weighted by Gasteiger charge is -2.31. The van der Waals surface area contributed by atoms with Crippen LogP contribution in [0.2, 0.25) is 0 Å². The van der Waals surface area contributed by atoms with Crippen molar-refractivity contribution in [1.82, 2.24) is 15.1 Å². The summed E-state index contributed by atoms with van der Waals surface area (Å²) >= 11 is 0. The number of likely N-dealkylation sites (tertiary alicyclic amines) is 1. The molecule has 0 radical (unpaired) electrons. The van der Waals surface area contributed by atoms with Crippen molar-refractivity contribution in [2.24, 2.45) is 0 Å². The summed E-state index contributed by atoms with van der Waals surface area (Å²) in [6.07, 6.45) is 7.23. The Kier molecular flexibility index (Phi) is 5.28. The van der Waals surface area contributed by atoms with E-state index < -0.39 is 0 Å². The van der Waals surface area contributed by atoms with E-state index in [-0.39, 0.29) is 11.8 Å². The predicted molar refractivity (Wildman–Crippen MR) is 96.9 cm³/mol. The average molecular weight is 338 g/mol. The fraction of sp³-hybridized carbons (Fsp3) is 0.316. The maximum Gasteiger partial charge on any atom is 0.246 e. The van der Waals surface area contributed by atoms with Crippen molar-refractivity contribution < 1.29 is 9.59 Å². The molecule has 1 atom stereocenters. The van der Waals surface area contributed by atoms with Crippen LogP contribution < -0.4 is 5.32 Å². The molecular formula is C19H22N4O2. The molecule has 2 aromatic rings. The lowest BCUT2D eigenvalue weighted by molar-refractivity contribution is -0.127. The monoisotopic (exact) mass is 338 g/mol. The Labute approximate surface area is 146 Å². The second kappa shape index (κ2) is 7.79. The van der Waals surface area contributed by atoms with Crippen molar-refractivity contribution in [3.8, 4) is 0 Å². The molecule has 1 aliphatic heterocycles. The molecule has 0 saturated carbocycles. The Bertz CT molecular complexity index is 750. The van der Waals surface area contributed by atoms with Crippen LogP contribution in [0.5, 0.6) is 0 Å². The summed E-state index contributed by atoms with van der Waals surface area (Å²) in [5.74, 6) is 0.246. The molecule has 1 aromatic carbocycles. The molecule has 0 aliphatic carbocycles. The first-order valence-electron chi connectivity index (χ1n) is 8.46. The topological polar surface area (TPSA) is 78.1 Å². The molecule has 0 spiro atoms. The molecule has 25 heavy (non-hydrogen) atoms. The molecule has 6 heteroatoms. The number of aromatic amines is 1. The highest BCUT2D eigenvalue weighted by Gasteiger charge is 2.24. The zero-order valence-electron chi connectivity index (χ0n) is 14.2. The van der Waals surface area contributed by atoms with E-state index >= 15 is 0 Å². The van der Waals surface area contributed by atoms with Crippen molar-refractivity contribution in [3.63, 3.8) is 0 Å². The van der Waals surface area contributed by atoms with Crippen LogP contribution in [0.4, 0.5) is 5.69 Å². The SMILES string of the molecule is CC(=O)Nc1ccc(/C=C/C(=O)N2CCCC(c3ccn[nH]3)C2)cc1. The van der Waals surface area contributed by atoms with Crippen molar-refractivity contribution in [2.75, 3.05) is 18.4 Å². The van der Waals surface area contributed by atoms with Crippen LogP contribution in [0.1, 0.15) is 36.9 Å². The number of carbonyl (C=O) groups excluding carboxylic acids is 2. The van der Waals surface area contributed by atoms with Gasteiger partial charge in [0.1, 0.15) is 0 Å². The summed E-state index contributed by atoms with van der Waals surface area (Å²) in [6.45, 7) is 2.98. The van der Waals surface area contributed by atoms with Gasteiger partial charge in [-0.15, -0.1) is 0 Å². The summed E-state index contributed by atoms with van der Waals surface area (Å²) in [5, 5.41) is 9.73. The number of carbonyl (C=O) groups is 2. The fourth-order valence-corrected chi connectivity index (χ4v) is 3.08. The molecule has 1 aromatic heterocycles. The van der Waals surface area contributed by atoms with E-state index in [1.807, 2.05) is 35.2 Å². The smallest absolute Gasteiger partial charge is 0.246 e. The van der Waals surface area contributed by atoms with Gasteiger partial charge in [-0.2, -0.15) is 5.10 Å². The molecule has 3 rings (SSSR count). The molecule has 2 heterocycles. The van der Waals surface area contributed by atoms with Crippen molar-refractivity contribution in [2.45, 2.75) is 25.7 Å². The van der Waals surface area contributed by atoms with Crippen LogP contribution in [-0.2, 0) is 9.59 Å². The molecule has 1 fully saturated rings. The van der Waals surface area contributed by atoms with E-state index in [0.717, 1.165) is 36.3 Å². The van der Waals surface area contributed by atoms with E-state index in [9.17, 15) is 9.59 Å². The number of amides is 2. The molecule has 2 N–H and O–H groups in total. The number of hydrogen-bond donors (Lipinski definition) is 2. The van der Waals surface area contributed by atoms with Gasteiger partial charge in [-0.25, -0.2) is 0 Å². The number of piperidine rings is 1. The first-order chi connectivity index (χ1) is 12.1. The third kappa shape index (κ3) is 4.56. The highest BCUT2D eigenvalue weighted by atomic mass is 16.2. The van der Waals surface area contributed by atoms with E-state index in [1.54, 1.807) is 18.3 Å². The van der Waals surface area contributed by atoms with Gasteiger partial charge in [-0.05, 0) is 42.7 Å². The first kappa shape index (κ1) is 17.0. The minimum atomic E-state index is -0.101. The van der Waals surface area contributed by atoms with E-state index in [4.69, 9.17) is 0 Å². The van der Waals surface area contributed by atoms with Gasteiger partial charge in [0.2, 0.25) is 11.8 Å². The van der Waals surface area contributed by atoms with Crippen molar-refractivity contribution >= 4 is 23.6 Å². The van der Waals surface area contributed by atoms with E-state index in [2.05, 4.69) is 15.5 Å². The van der Waals surface area contributed by atoms with E-state index in [0.29, 0.717) is 12.5 Å². The number of H-pyrrole nitrogens is 1. The number of nitrogens with zero attached hydrogens (tertiary/aromatic N) is 2. The van der Waals surface area contributed by atoms with Gasteiger partial charge in [0.05, 0.1) is 0 Å². The summed E-state index contributed by atoms with van der Waals surface area (Å²) in [5.41, 5.74) is 2.76. The normalized spacial score (nSPS) is 17.6. The van der Waals surface area contributed by atoms with Crippen LogP contribution in [0.25, 0.3) is 6.08 Å². The number of anilines is 1. The zero-order chi connectivity index (χ0) is 17.6. The molecule has 1 aliphatic rings. The van der Waals surface area contributed by atoms with Gasteiger partial charge in [-0.3, -0.25) is 14.7 Å². The molecule has 1 unspecified atom stereocenters. The summed E-state index contributed by atoms with van der Waals surface area (Å²) < 4.78 is 0. The van der Waals surface area contributed by atoms with Crippen LogP contribution in [0, 0.1) is 0 Å². The van der Waals surface area contributed by atoms with Gasteiger partial charge < -0.3 is 10.2 Å². The maximum absolute atomic E-state index is 12.5. The Hall–Kier alpha value is -2.89. The Balaban J connectivity index is 1.59. The fourth-order valence-electron chi connectivity index (χ4n) is 3.08. The lowest BCUT2D eigenvalue weighted by Crippen LogP contribution is -2.38. The Morgan fingerprint density at radius 3 is 2.76 bits per heavy atom. The molecule has 6 nitrogen and oxygen atoms in total. The lowest BCUT2D eigenvalue weighted by atomic mass is 9.95. The summed E-state index contributed by atoms with van der Waals surface area (Å²) in [7, 11) is 0. The van der Waals surface area contributed by atoms with Gasteiger partial charge in [-0.1, -0.05) is 12.1 Å². The Morgan fingerprint density at radius 2 is 2.08 bits per heavy atom. The van der Waals surface area contributed by atoms with Gasteiger partial charge >= 0.3 is 0 Å². The highest BCUT2D eigenvalue weighted by Crippen LogP contribution is 2.25. The summed E-state index contributed by atoms with van der Waals surface area (Å²) in [6, 6.07) is 9.36. The number of benzene rings is 1. The molecule has 1 saturated heterocycles. The first-order valence-corrected chi connectivity index (χ1v) is 8.46. The van der Waals surface area contributed by atoms with Crippen molar-refractivity contribution in [1.29, 1.82) is 0 Å². The second-order valence-corrected chi connectivity index (χ2v) is 6.27. The van der Waals surface area contributed by atoms with Crippen LogP contribution in [0.3, 0.4) is 0 Å². The number of aromatic nitrogens is 2. The predicted octanol–water partition coefficient (Wildman–Crippen LogP) is 2.79. The second-order valence-electron chi connectivity index (χ2n) is 6.27. The standard InChI is InChI=1S/C19H22N4O2/c1-14(24)21-17-7-4-15(5-8-17)6-9-19(25)23-12-2-3-16(13-23)18-10-11-20-22-18/h4-11,16H,2-3,12-13H2,1H3,(H,20,22)(H,21,24)/b9-6+. The quantitative estimate of drug-likeness (QED) is 0.842. The third-order valence-corrected chi connectivity index (χ3v) is 4.34. The average Bonchev–Trinajstić information content (AvgIpc) is 3.15. The number of rotatable bonds is 4. The number of hydrogen-bond acceptors (Lipinski definition) is 3. The Morgan fingerprint density at radius 1 is 1.28 bits per heavy atom. The van der Waals surface area contributed by atoms with Crippen molar-refractivity contribution in [3.05, 3.63) is 53.9 Å². The van der Waals surface area contributed by atoms with E-state index in [1.165, 1.54) is 6.92 Å². The maximum atomic E-state index is 12.5. The van der Waals surface area contributed by atoms with Crippen LogP contribution >= 0.6 is 0 Å². The minimum absolute atomic E-state index is 0.0233. The van der Waals surface area contributed by atoms with Crippen LogP contribution in [-0.4, -0.2) is 40.0 Å². The molecule has 130 valence electrons. The highest BCUT2D eigenvalue weighted by molar-refractivity contribution is 5.92. The molecule has 2 amide bonds. The van der Waals surface area contributed by atoms with Gasteiger partial charge in [0.25, 0.3) is 0 Å². The number of nitrogens with one attached hydrogen (secondary N) is 2. The minimum Gasteiger partial charge on any atom is -0.338 e. The largest absolute Gasteiger partial charge is 0.338 e. The summed E-state index contributed by atoms with van der Waals surface area (Å²) in [4.78, 5) is 25.4. The zero-order valence-corrected chi connectivity index (χ0v) is 14.2. The van der Waals surface area contributed by atoms with Gasteiger partial charge in [0.15, 0.2) is 0 Å². The third-order valence-electron chi connectivity index (χ3n) is 4.34. The molecular weight excluding hydrogens is 316 g/mol. The molecule has 0 bridgehead atoms. The van der Waals surface area contributed by atoms with Crippen LogP contribution in [0.15, 0.2) is 42.6 Å².